The van der Waals surface area contributed by atoms with Crippen LogP contribution in [0.5, 0.6) is 5.75 Å². The van der Waals surface area contributed by atoms with Gasteiger partial charge >= 0.3 is 0 Å². The van der Waals surface area contributed by atoms with Crippen LogP contribution in [0.25, 0.3) is 0 Å². The van der Waals surface area contributed by atoms with Crippen LogP contribution in [-0.2, 0) is 0 Å². The van der Waals surface area contributed by atoms with Crippen LogP contribution >= 0.6 is 0 Å². The number of amides is 1. The van der Waals surface area contributed by atoms with E-state index in [0.29, 0.717) is 5.56 Å². The minimum Gasteiger partial charge on any atom is -0.506 e. The highest BCUT2D eigenvalue weighted by Crippen LogP contribution is 2.62. The Hall–Kier alpha value is -1.58. The Bertz CT molecular complexity index is 452. The van der Waals surface area contributed by atoms with E-state index < -0.39 is 0 Å². The molecular formula is C13H18N2O2. The van der Waals surface area contributed by atoms with Gasteiger partial charge in [0.25, 0.3) is 5.91 Å². The third-order valence-corrected chi connectivity index (χ3v) is 4.28. The van der Waals surface area contributed by atoms with Crippen molar-refractivity contribution in [2.45, 2.75) is 33.7 Å². The molecule has 17 heavy (non-hydrogen) atoms. The first kappa shape index (κ1) is 11.9. The Balaban J connectivity index is 2.10. The number of pyridine rings is 1. The molecule has 1 amide bonds. The normalized spacial score (nSPS) is 20.9. The zero-order valence-corrected chi connectivity index (χ0v) is 10.6. The number of nitrogens with zero attached hydrogens (tertiary/aromatic N) is 1. The van der Waals surface area contributed by atoms with E-state index in [1.165, 1.54) is 18.5 Å². The fraction of sp³-hybridized carbons (Fsp3) is 0.538. The summed E-state index contributed by atoms with van der Waals surface area (Å²) in [6.45, 7) is 8.55. The molecule has 1 heterocycles. The molecular weight excluding hydrogens is 216 g/mol. The molecule has 0 atom stereocenters. The molecule has 1 aromatic rings. The number of hydrogen-bond acceptors (Lipinski definition) is 3. The number of rotatable bonds is 2. The monoisotopic (exact) mass is 234 g/mol. The topological polar surface area (TPSA) is 62.2 Å². The summed E-state index contributed by atoms with van der Waals surface area (Å²) in [5.74, 6) is -0.177. The van der Waals surface area contributed by atoms with Gasteiger partial charge in [0.1, 0.15) is 5.75 Å². The first-order valence-electron chi connectivity index (χ1n) is 5.71. The first-order chi connectivity index (χ1) is 7.76. The Kier molecular flexibility index (Phi) is 2.42. The molecule has 0 spiro atoms. The molecule has 0 bridgehead atoms. The first-order valence-corrected chi connectivity index (χ1v) is 5.71. The highest BCUT2D eigenvalue weighted by molar-refractivity contribution is 5.94. The average Bonchev–Trinajstić information content (AvgIpc) is 2.61. The molecule has 2 rings (SSSR count). The quantitative estimate of drug-likeness (QED) is 0.822. The van der Waals surface area contributed by atoms with Gasteiger partial charge < -0.3 is 10.4 Å². The van der Waals surface area contributed by atoms with Crippen LogP contribution in [0.15, 0.2) is 18.5 Å². The zero-order chi connectivity index (χ0) is 12.8. The third kappa shape index (κ3) is 1.77. The van der Waals surface area contributed by atoms with E-state index in [1.54, 1.807) is 0 Å². The lowest BCUT2D eigenvalue weighted by atomic mass is 10.0. The summed E-state index contributed by atoms with van der Waals surface area (Å²) < 4.78 is 0. The number of nitrogens with one attached hydrogen (secondary N) is 1. The van der Waals surface area contributed by atoms with Crippen LogP contribution in [0.3, 0.4) is 0 Å². The molecule has 2 N–H and O–H groups in total. The third-order valence-electron chi connectivity index (χ3n) is 4.28. The molecule has 0 radical (unpaired) electrons. The summed E-state index contributed by atoms with van der Waals surface area (Å²) in [6.07, 6.45) is 2.76. The van der Waals surface area contributed by atoms with Crippen molar-refractivity contribution in [3.63, 3.8) is 0 Å². The van der Waals surface area contributed by atoms with Gasteiger partial charge in [0.2, 0.25) is 0 Å². The molecule has 1 fully saturated rings. The van der Waals surface area contributed by atoms with Crippen LogP contribution in [0, 0.1) is 10.8 Å². The van der Waals surface area contributed by atoms with Gasteiger partial charge in [0, 0.05) is 12.2 Å². The van der Waals surface area contributed by atoms with Gasteiger partial charge in [-0.25, -0.2) is 0 Å². The van der Waals surface area contributed by atoms with Gasteiger partial charge in [-0.3, -0.25) is 9.78 Å². The largest absolute Gasteiger partial charge is 0.506 e. The predicted molar refractivity (Wildman–Crippen MR) is 64.7 cm³/mol. The van der Waals surface area contributed by atoms with Crippen molar-refractivity contribution in [3.8, 4) is 5.75 Å². The number of hydrogen-bond donors (Lipinski definition) is 2. The molecule has 1 saturated carbocycles. The van der Waals surface area contributed by atoms with Crippen molar-refractivity contribution >= 4 is 5.91 Å². The minimum atomic E-state index is -0.183. The van der Waals surface area contributed by atoms with Crippen LogP contribution in [-0.4, -0.2) is 22.0 Å². The van der Waals surface area contributed by atoms with Crippen LogP contribution in [0.4, 0.5) is 0 Å². The molecule has 0 aromatic carbocycles. The van der Waals surface area contributed by atoms with Crippen molar-refractivity contribution < 1.29 is 9.90 Å². The summed E-state index contributed by atoms with van der Waals surface area (Å²) in [6, 6.07) is 1.58. The molecule has 1 aliphatic carbocycles. The van der Waals surface area contributed by atoms with E-state index in [9.17, 15) is 9.90 Å². The molecule has 1 aromatic heterocycles. The maximum absolute atomic E-state index is 12.0. The SMILES string of the molecule is CC1(C)C(NC(=O)c2cncc(O)c2)C1(C)C. The molecule has 0 unspecified atom stereocenters. The number of aromatic nitrogens is 1. The summed E-state index contributed by atoms with van der Waals surface area (Å²) in [4.78, 5) is 15.8. The van der Waals surface area contributed by atoms with Crippen LogP contribution in [0.1, 0.15) is 38.1 Å². The van der Waals surface area contributed by atoms with Crippen molar-refractivity contribution in [1.29, 1.82) is 0 Å². The summed E-state index contributed by atoms with van der Waals surface area (Å²) >= 11 is 0. The van der Waals surface area contributed by atoms with Gasteiger partial charge in [0.05, 0.1) is 11.8 Å². The van der Waals surface area contributed by atoms with E-state index >= 15 is 0 Å². The van der Waals surface area contributed by atoms with Crippen LogP contribution in [0.2, 0.25) is 0 Å². The lowest BCUT2D eigenvalue weighted by Gasteiger charge is -2.06. The average molecular weight is 234 g/mol. The van der Waals surface area contributed by atoms with Gasteiger partial charge in [0.15, 0.2) is 0 Å². The molecule has 1 aliphatic rings. The predicted octanol–water partition coefficient (Wildman–Crippen LogP) is 1.95. The lowest BCUT2D eigenvalue weighted by molar-refractivity contribution is 0.0943. The molecule has 4 heteroatoms. The van der Waals surface area contributed by atoms with E-state index in [-0.39, 0.29) is 28.5 Å². The molecule has 4 nitrogen and oxygen atoms in total. The van der Waals surface area contributed by atoms with Gasteiger partial charge in [-0.1, -0.05) is 27.7 Å². The van der Waals surface area contributed by atoms with Crippen molar-refractivity contribution in [2.75, 3.05) is 0 Å². The second-order valence-corrected chi connectivity index (χ2v) is 5.78. The fourth-order valence-electron chi connectivity index (χ4n) is 2.32. The van der Waals surface area contributed by atoms with E-state index in [4.69, 9.17) is 0 Å². The maximum Gasteiger partial charge on any atom is 0.253 e. The summed E-state index contributed by atoms with van der Waals surface area (Å²) in [5.41, 5.74) is 0.600. The Morgan fingerprint density at radius 2 is 1.88 bits per heavy atom. The number of aromatic hydroxyl groups is 1. The van der Waals surface area contributed by atoms with E-state index in [0.717, 1.165) is 0 Å². The minimum absolute atomic E-state index is 0.00645. The Labute approximate surface area is 101 Å². The van der Waals surface area contributed by atoms with Gasteiger partial charge in [-0.05, 0) is 16.9 Å². The zero-order valence-electron chi connectivity index (χ0n) is 10.6. The Morgan fingerprint density at radius 1 is 1.29 bits per heavy atom. The Morgan fingerprint density at radius 3 is 2.35 bits per heavy atom. The van der Waals surface area contributed by atoms with Crippen molar-refractivity contribution in [1.82, 2.24) is 10.3 Å². The highest BCUT2D eigenvalue weighted by Gasteiger charge is 2.65. The molecule has 92 valence electrons. The summed E-state index contributed by atoms with van der Waals surface area (Å²) in [5, 5.41) is 12.3. The smallest absolute Gasteiger partial charge is 0.253 e. The van der Waals surface area contributed by atoms with E-state index in [2.05, 4.69) is 38.0 Å². The molecule has 0 saturated heterocycles. The second kappa shape index (κ2) is 3.45. The van der Waals surface area contributed by atoms with E-state index in [1.807, 2.05) is 0 Å². The summed E-state index contributed by atoms with van der Waals surface area (Å²) in [7, 11) is 0. The van der Waals surface area contributed by atoms with Crippen molar-refractivity contribution in [2.24, 2.45) is 10.8 Å². The van der Waals surface area contributed by atoms with Gasteiger partial charge in [-0.2, -0.15) is 0 Å². The van der Waals surface area contributed by atoms with Crippen LogP contribution < -0.4 is 5.32 Å². The fourth-order valence-corrected chi connectivity index (χ4v) is 2.32. The van der Waals surface area contributed by atoms with Gasteiger partial charge in [-0.15, -0.1) is 0 Å². The number of carbonyl (C=O) groups is 1. The highest BCUT2D eigenvalue weighted by atomic mass is 16.3. The maximum atomic E-state index is 12.0. The second-order valence-electron chi connectivity index (χ2n) is 5.78. The van der Waals surface area contributed by atoms with Crippen molar-refractivity contribution in [3.05, 3.63) is 24.0 Å². The lowest BCUT2D eigenvalue weighted by Crippen LogP contribution is -2.29. The number of carbonyl (C=O) groups excluding carboxylic acids is 1. The standard InChI is InChI=1S/C13H18N2O2/c1-12(2)11(13(12,3)4)15-10(17)8-5-9(16)7-14-6-8/h5-7,11,16H,1-4H3,(H,15,17). The molecule has 0 aliphatic heterocycles.